The molecule has 2 heterocycles. The molecule has 2 aromatic rings. The SMILES string of the molecule is CC(C)Cn1ccnc(N2CCN(S(=O)(=O)c3ccc(F)c(F)c3F)CC2)c1=O. The number of halogens is 3. The number of nitrogens with zero attached hydrogens (tertiary/aromatic N) is 4. The van der Waals surface area contributed by atoms with E-state index in [-0.39, 0.29) is 43.5 Å². The summed E-state index contributed by atoms with van der Waals surface area (Å²) in [5.41, 5.74) is -0.274. The van der Waals surface area contributed by atoms with Gasteiger partial charge in [0.25, 0.3) is 5.56 Å². The topological polar surface area (TPSA) is 75.5 Å². The number of aromatic nitrogens is 2. The van der Waals surface area contributed by atoms with Crippen LogP contribution in [0.1, 0.15) is 13.8 Å². The largest absolute Gasteiger partial charge is 0.349 e. The maximum Gasteiger partial charge on any atom is 0.293 e. The van der Waals surface area contributed by atoms with Gasteiger partial charge in [0.05, 0.1) is 0 Å². The number of anilines is 1. The minimum absolute atomic E-state index is 0.0546. The highest BCUT2D eigenvalue weighted by Crippen LogP contribution is 2.24. The van der Waals surface area contributed by atoms with Crippen molar-refractivity contribution in [2.45, 2.75) is 25.3 Å². The molecule has 29 heavy (non-hydrogen) atoms. The molecule has 1 aliphatic rings. The number of benzene rings is 1. The third-order valence-corrected chi connectivity index (χ3v) is 6.53. The maximum atomic E-state index is 14.0. The van der Waals surface area contributed by atoms with Gasteiger partial charge in [0.1, 0.15) is 4.90 Å². The van der Waals surface area contributed by atoms with Gasteiger partial charge in [-0.1, -0.05) is 13.8 Å². The molecule has 1 aromatic heterocycles. The third kappa shape index (κ3) is 4.15. The van der Waals surface area contributed by atoms with Crippen molar-refractivity contribution in [2.75, 3.05) is 31.1 Å². The van der Waals surface area contributed by atoms with Crippen LogP contribution in [0.2, 0.25) is 0 Å². The van der Waals surface area contributed by atoms with E-state index in [1.807, 2.05) is 13.8 Å². The Kier molecular flexibility index (Phi) is 5.99. The van der Waals surface area contributed by atoms with Crippen LogP contribution in [0.25, 0.3) is 0 Å². The molecule has 0 unspecified atom stereocenters. The quantitative estimate of drug-likeness (QED) is 0.677. The minimum atomic E-state index is -4.35. The standard InChI is InChI=1S/C18H21F3N4O3S/c1-12(2)11-24-6-5-22-17(18(24)26)23-7-9-25(10-8-23)29(27,28)14-4-3-13(19)15(20)16(14)21/h3-6,12H,7-11H2,1-2H3. The summed E-state index contributed by atoms with van der Waals surface area (Å²) < 4.78 is 68.4. The van der Waals surface area contributed by atoms with Crippen LogP contribution in [0, 0.1) is 23.4 Å². The van der Waals surface area contributed by atoms with Gasteiger partial charge in [-0.2, -0.15) is 4.31 Å². The predicted molar refractivity (Wildman–Crippen MR) is 101 cm³/mol. The van der Waals surface area contributed by atoms with Crippen LogP contribution in [0.4, 0.5) is 19.0 Å². The normalized spacial score (nSPS) is 15.9. The Morgan fingerprint density at radius 2 is 1.72 bits per heavy atom. The lowest BCUT2D eigenvalue weighted by atomic mass is 10.2. The van der Waals surface area contributed by atoms with Crippen LogP contribution in [0.3, 0.4) is 0 Å². The summed E-state index contributed by atoms with van der Waals surface area (Å²) in [5.74, 6) is -4.56. The molecule has 0 radical (unpaired) electrons. The van der Waals surface area contributed by atoms with Crippen LogP contribution in [0.5, 0.6) is 0 Å². The van der Waals surface area contributed by atoms with Crippen molar-refractivity contribution in [1.82, 2.24) is 13.9 Å². The zero-order valence-corrected chi connectivity index (χ0v) is 16.8. The second-order valence-corrected chi connectivity index (χ2v) is 9.07. The Morgan fingerprint density at radius 3 is 2.34 bits per heavy atom. The molecule has 1 saturated heterocycles. The number of rotatable bonds is 5. The fourth-order valence-electron chi connectivity index (χ4n) is 3.18. The Balaban J connectivity index is 1.79. The van der Waals surface area contributed by atoms with E-state index < -0.39 is 32.4 Å². The number of sulfonamides is 1. The number of hydrogen-bond donors (Lipinski definition) is 0. The highest BCUT2D eigenvalue weighted by Gasteiger charge is 2.33. The van der Waals surface area contributed by atoms with Crippen molar-refractivity contribution in [3.8, 4) is 0 Å². The van der Waals surface area contributed by atoms with Crippen molar-refractivity contribution >= 4 is 15.8 Å². The summed E-state index contributed by atoms with van der Waals surface area (Å²) in [6.45, 7) is 4.68. The summed E-state index contributed by atoms with van der Waals surface area (Å²) in [5, 5.41) is 0. The summed E-state index contributed by atoms with van der Waals surface area (Å²) in [4.78, 5) is 17.5. The van der Waals surface area contributed by atoms with Crippen molar-refractivity contribution in [3.05, 3.63) is 52.3 Å². The van der Waals surface area contributed by atoms with Gasteiger partial charge in [0, 0.05) is 45.1 Å². The molecule has 1 fully saturated rings. The molecule has 1 aliphatic heterocycles. The first-order chi connectivity index (χ1) is 13.6. The fraction of sp³-hybridized carbons (Fsp3) is 0.444. The second kappa shape index (κ2) is 8.15. The van der Waals surface area contributed by atoms with Crippen LogP contribution < -0.4 is 10.5 Å². The highest BCUT2D eigenvalue weighted by molar-refractivity contribution is 7.89. The molecule has 1 aromatic carbocycles. The Hall–Kier alpha value is -2.40. The minimum Gasteiger partial charge on any atom is -0.349 e. The summed E-state index contributed by atoms with van der Waals surface area (Å²) >= 11 is 0. The fourth-order valence-corrected chi connectivity index (χ4v) is 4.65. The van der Waals surface area contributed by atoms with Crippen LogP contribution >= 0.6 is 0 Å². The number of piperazine rings is 1. The zero-order valence-electron chi connectivity index (χ0n) is 16.0. The lowest BCUT2D eigenvalue weighted by Gasteiger charge is -2.34. The molecule has 0 saturated carbocycles. The lowest BCUT2D eigenvalue weighted by Crippen LogP contribution is -2.50. The monoisotopic (exact) mass is 430 g/mol. The first kappa shape index (κ1) is 21.3. The molecule has 0 spiro atoms. The van der Waals surface area contributed by atoms with Crippen molar-refractivity contribution in [1.29, 1.82) is 0 Å². The van der Waals surface area contributed by atoms with Gasteiger partial charge < -0.3 is 9.47 Å². The van der Waals surface area contributed by atoms with Gasteiger partial charge in [-0.3, -0.25) is 4.79 Å². The van der Waals surface area contributed by atoms with Crippen LogP contribution in [-0.4, -0.2) is 48.5 Å². The van der Waals surface area contributed by atoms with Crippen molar-refractivity contribution in [2.24, 2.45) is 5.92 Å². The van der Waals surface area contributed by atoms with Crippen LogP contribution in [0.15, 0.2) is 34.2 Å². The molecule has 11 heteroatoms. The summed E-state index contributed by atoms with van der Waals surface area (Å²) in [6.07, 6.45) is 3.11. The van der Waals surface area contributed by atoms with E-state index in [9.17, 15) is 26.4 Å². The average molecular weight is 430 g/mol. The molecule has 0 N–H and O–H groups in total. The maximum absolute atomic E-state index is 14.0. The third-order valence-electron chi connectivity index (χ3n) is 4.61. The van der Waals surface area contributed by atoms with E-state index in [4.69, 9.17) is 0 Å². The van der Waals surface area contributed by atoms with Gasteiger partial charge in [0.2, 0.25) is 10.0 Å². The first-order valence-electron chi connectivity index (χ1n) is 9.07. The number of hydrogen-bond acceptors (Lipinski definition) is 5. The molecular weight excluding hydrogens is 409 g/mol. The van der Waals surface area contributed by atoms with E-state index >= 15 is 0 Å². The lowest BCUT2D eigenvalue weighted by molar-refractivity contribution is 0.375. The van der Waals surface area contributed by atoms with Gasteiger partial charge in [-0.15, -0.1) is 0 Å². The van der Waals surface area contributed by atoms with Gasteiger partial charge in [-0.05, 0) is 18.1 Å². The van der Waals surface area contributed by atoms with Gasteiger partial charge >= 0.3 is 0 Å². The van der Waals surface area contributed by atoms with Crippen molar-refractivity contribution in [3.63, 3.8) is 0 Å². The van der Waals surface area contributed by atoms with E-state index in [2.05, 4.69) is 4.98 Å². The second-order valence-electron chi connectivity index (χ2n) is 7.17. The molecule has 0 bridgehead atoms. The summed E-state index contributed by atoms with van der Waals surface area (Å²) in [6, 6.07) is 1.28. The smallest absolute Gasteiger partial charge is 0.293 e. The molecule has 7 nitrogen and oxygen atoms in total. The molecule has 0 atom stereocenters. The van der Waals surface area contributed by atoms with Gasteiger partial charge in [-0.25, -0.2) is 26.6 Å². The zero-order chi connectivity index (χ0) is 21.3. The Labute approximate surface area is 166 Å². The Bertz CT molecular complexity index is 1060. The molecular formula is C18H21F3N4O3S. The molecule has 0 aliphatic carbocycles. The van der Waals surface area contributed by atoms with E-state index in [0.717, 1.165) is 4.31 Å². The highest BCUT2D eigenvalue weighted by atomic mass is 32.2. The molecule has 158 valence electrons. The Morgan fingerprint density at radius 1 is 1.07 bits per heavy atom. The molecule has 0 amide bonds. The van der Waals surface area contributed by atoms with Crippen LogP contribution in [-0.2, 0) is 16.6 Å². The van der Waals surface area contributed by atoms with Crippen molar-refractivity contribution < 1.29 is 21.6 Å². The average Bonchev–Trinajstić information content (AvgIpc) is 2.67. The first-order valence-corrected chi connectivity index (χ1v) is 10.5. The predicted octanol–water partition coefficient (Wildman–Crippen LogP) is 1.83. The van der Waals surface area contributed by atoms with E-state index in [1.54, 1.807) is 15.7 Å². The summed E-state index contributed by atoms with van der Waals surface area (Å²) in [7, 11) is -4.35. The van der Waals surface area contributed by atoms with E-state index in [1.165, 1.54) is 6.20 Å². The van der Waals surface area contributed by atoms with Gasteiger partial charge in [0.15, 0.2) is 23.3 Å². The molecule has 3 rings (SSSR count). The van der Waals surface area contributed by atoms with E-state index in [0.29, 0.717) is 18.7 Å².